The lowest BCUT2D eigenvalue weighted by atomic mass is 10.2. The number of halogens is 1. The standard InChI is InChI=1S/C17H20FN3O5S2/c1-10(2)9-26-13-6-11(18)4-5-12(13)21(15(23)7-14(19)22)17-20-8-16(27-17)28(3,24)25/h4-6,8,10H,7,9H2,1-3H3,(H2,19,22). The first kappa shape index (κ1) is 21.8. The van der Waals surface area contributed by atoms with Crippen LogP contribution in [0.25, 0.3) is 0 Å². The number of benzene rings is 1. The van der Waals surface area contributed by atoms with Gasteiger partial charge in [0.05, 0.1) is 18.5 Å². The monoisotopic (exact) mass is 429 g/mol. The molecule has 0 saturated heterocycles. The number of primary amides is 1. The number of hydrogen-bond donors (Lipinski definition) is 1. The number of aromatic nitrogens is 1. The summed E-state index contributed by atoms with van der Waals surface area (Å²) in [6, 6.07) is 3.52. The van der Waals surface area contributed by atoms with Crippen molar-refractivity contribution in [1.82, 2.24) is 4.98 Å². The van der Waals surface area contributed by atoms with Crippen molar-refractivity contribution in [3.05, 3.63) is 30.2 Å². The van der Waals surface area contributed by atoms with Crippen molar-refractivity contribution in [2.75, 3.05) is 17.8 Å². The third-order valence-electron chi connectivity index (χ3n) is 3.34. The Balaban J connectivity index is 2.58. The van der Waals surface area contributed by atoms with E-state index in [2.05, 4.69) is 4.98 Å². The number of carbonyl (C=O) groups excluding carboxylic acids is 2. The van der Waals surface area contributed by atoms with Gasteiger partial charge in [0.25, 0.3) is 0 Å². The van der Waals surface area contributed by atoms with E-state index in [-0.39, 0.29) is 33.3 Å². The normalized spacial score (nSPS) is 11.5. The van der Waals surface area contributed by atoms with Crippen molar-refractivity contribution in [1.29, 1.82) is 0 Å². The Morgan fingerprint density at radius 2 is 2.04 bits per heavy atom. The van der Waals surface area contributed by atoms with Gasteiger partial charge in [0, 0.05) is 12.3 Å². The molecule has 0 atom stereocenters. The van der Waals surface area contributed by atoms with Crippen LogP contribution in [0.1, 0.15) is 20.3 Å². The molecule has 1 aromatic carbocycles. The fourth-order valence-corrected chi connectivity index (χ4v) is 3.90. The number of ether oxygens (including phenoxy) is 1. The first-order valence-electron chi connectivity index (χ1n) is 8.18. The number of amides is 2. The minimum Gasteiger partial charge on any atom is -0.491 e. The Morgan fingerprint density at radius 1 is 1.36 bits per heavy atom. The first-order chi connectivity index (χ1) is 13.0. The molecule has 152 valence electrons. The summed E-state index contributed by atoms with van der Waals surface area (Å²) in [5.41, 5.74) is 5.26. The molecule has 0 radical (unpaired) electrons. The maximum atomic E-state index is 13.8. The fraction of sp³-hybridized carbons (Fsp3) is 0.353. The van der Waals surface area contributed by atoms with Crippen LogP contribution in [0.2, 0.25) is 0 Å². The maximum absolute atomic E-state index is 13.8. The van der Waals surface area contributed by atoms with E-state index in [1.807, 2.05) is 13.8 Å². The summed E-state index contributed by atoms with van der Waals surface area (Å²) >= 11 is 0.740. The lowest BCUT2D eigenvalue weighted by Gasteiger charge is -2.23. The molecule has 0 aliphatic rings. The maximum Gasteiger partial charge on any atom is 0.242 e. The van der Waals surface area contributed by atoms with Crippen LogP contribution < -0.4 is 15.4 Å². The average Bonchev–Trinajstić information content (AvgIpc) is 3.04. The lowest BCUT2D eigenvalue weighted by molar-refractivity contribution is -0.125. The smallest absolute Gasteiger partial charge is 0.242 e. The van der Waals surface area contributed by atoms with Gasteiger partial charge in [-0.05, 0) is 18.1 Å². The summed E-state index contributed by atoms with van der Waals surface area (Å²) in [4.78, 5) is 29.0. The zero-order valence-corrected chi connectivity index (χ0v) is 17.1. The van der Waals surface area contributed by atoms with Crippen LogP contribution in [0.15, 0.2) is 28.6 Å². The molecular formula is C17H20FN3O5S2. The number of nitrogens with zero attached hydrogens (tertiary/aromatic N) is 2. The molecule has 0 unspecified atom stereocenters. The highest BCUT2D eigenvalue weighted by Gasteiger charge is 2.27. The molecule has 2 rings (SSSR count). The number of hydrogen-bond acceptors (Lipinski definition) is 7. The Hall–Kier alpha value is -2.53. The molecule has 8 nitrogen and oxygen atoms in total. The molecule has 1 heterocycles. The summed E-state index contributed by atoms with van der Waals surface area (Å²) in [5.74, 6) is -2.02. The van der Waals surface area contributed by atoms with E-state index in [1.165, 1.54) is 6.07 Å². The van der Waals surface area contributed by atoms with Gasteiger partial charge in [-0.25, -0.2) is 17.8 Å². The molecule has 1 aromatic heterocycles. The van der Waals surface area contributed by atoms with Crippen molar-refractivity contribution < 1.29 is 27.1 Å². The quantitative estimate of drug-likeness (QED) is 0.643. The van der Waals surface area contributed by atoms with Crippen molar-refractivity contribution in [2.24, 2.45) is 11.7 Å². The molecule has 11 heteroatoms. The van der Waals surface area contributed by atoms with Crippen LogP contribution in [0, 0.1) is 11.7 Å². The molecule has 0 saturated carbocycles. The molecule has 0 bridgehead atoms. The van der Waals surface area contributed by atoms with E-state index < -0.39 is 33.9 Å². The number of thiazole rings is 1. The van der Waals surface area contributed by atoms with Crippen molar-refractivity contribution >= 4 is 43.8 Å². The molecule has 28 heavy (non-hydrogen) atoms. The highest BCUT2D eigenvalue weighted by Crippen LogP contribution is 2.38. The summed E-state index contributed by atoms with van der Waals surface area (Å²) < 4.78 is 42.8. The van der Waals surface area contributed by atoms with Gasteiger partial charge >= 0.3 is 0 Å². The second kappa shape index (κ2) is 8.65. The zero-order valence-electron chi connectivity index (χ0n) is 15.5. The predicted octanol–water partition coefficient (Wildman–Crippen LogP) is 2.26. The molecule has 2 aromatic rings. The van der Waals surface area contributed by atoms with E-state index in [1.54, 1.807) is 0 Å². The van der Waals surface area contributed by atoms with E-state index in [9.17, 15) is 22.4 Å². The van der Waals surface area contributed by atoms with Gasteiger partial charge in [-0.3, -0.25) is 14.5 Å². The Morgan fingerprint density at radius 3 is 2.57 bits per heavy atom. The minimum absolute atomic E-state index is 0.00678. The largest absolute Gasteiger partial charge is 0.491 e. The molecule has 2 N–H and O–H groups in total. The molecule has 0 fully saturated rings. The van der Waals surface area contributed by atoms with Crippen LogP contribution in [0.5, 0.6) is 5.75 Å². The average molecular weight is 429 g/mol. The van der Waals surface area contributed by atoms with E-state index >= 15 is 0 Å². The number of rotatable bonds is 8. The molecule has 0 spiro atoms. The van der Waals surface area contributed by atoms with Gasteiger partial charge < -0.3 is 10.5 Å². The summed E-state index contributed by atoms with van der Waals surface area (Å²) in [6.07, 6.45) is 1.47. The number of anilines is 2. The second-order valence-electron chi connectivity index (χ2n) is 6.42. The summed E-state index contributed by atoms with van der Waals surface area (Å²) in [6.45, 7) is 4.04. The van der Waals surface area contributed by atoms with Crippen molar-refractivity contribution in [3.63, 3.8) is 0 Å². The van der Waals surface area contributed by atoms with Crippen LogP contribution in [-0.4, -0.2) is 38.1 Å². The number of nitrogens with two attached hydrogens (primary N) is 1. The van der Waals surface area contributed by atoms with Gasteiger partial charge in [0.2, 0.25) is 11.8 Å². The van der Waals surface area contributed by atoms with E-state index in [0.717, 1.165) is 40.8 Å². The van der Waals surface area contributed by atoms with Crippen LogP contribution in [0.3, 0.4) is 0 Å². The minimum atomic E-state index is -3.55. The lowest BCUT2D eigenvalue weighted by Crippen LogP contribution is -2.30. The fourth-order valence-electron chi connectivity index (χ4n) is 2.14. The van der Waals surface area contributed by atoms with Gasteiger partial charge in [-0.1, -0.05) is 25.2 Å². The molecule has 0 aliphatic carbocycles. The van der Waals surface area contributed by atoms with Crippen LogP contribution in [0.4, 0.5) is 15.2 Å². The third kappa shape index (κ3) is 5.49. The Labute approximate surface area is 166 Å². The Bertz CT molecular complexity index is 988. The topological polar surface area (TPSA) is 120 Å². The molecule has 0 aliphatic heterocycles. The molecular weight excluding hydrogens is 409 g/mol. The number of sulfone groups is 1. The molecule has 2 amide bonds. The van der Waals surface area contributed by atoms with E-state index in [0.29, 0.717) is 0 Å². The van der Waals surface area contributed by atoms with Gasteiger partial charge in [0.1, 0.15) is 22.2 Å². The van der Waals surface area contributed by atoms with Crippen LogP contribution in [-0.2, 0) is 19.4 Å². The van der Waals surface area contributed by atoms with Gasteiger partial charge in [-0.15, -0.1) is 0 Å². The van der Waals surface area contributed by atoms with Crippen molar-refractivity contribution in [2.45, 2.75) is 24.5 Å². The summed E-state index contributed by atoms with van der Waals surface area (Å²) in [7, 11) is -3.55. The van der Waals surface area contributed by atoms with E-state index in [4.69, 9.17) is 10.5 Å². The highest BCUT2D eigenvalue weighted by molar-refractivity contribution is 7.92. The zero-order chi connectivity index (χ0) is 21.1. The van der Waals surface area contributed by atoms with Crippen LogP contribution >= 0.6 is 11.3 Å². The Kier molecular flexibility index (Phi) is 6.73. The van der Waals surface area contributed by atoms with Gasteiger partial charge in [-0.2, -0.15) is 0 Å². The summed E-state index contributed by atoms with van der Waals surface area (Å²) in [5, 5.41) is -0.00678. The SMILES string of the molecule is CC(C)COc1cc(F)ccc1N(C(=O)CC(N)=O)c1ncc(S(C)(=O)=O)s1. The highest BCUT2D eigenvalue weighted by atomic mass is 32.2. The predicted molar refractivity (Wildman–Crippen MR) is 103 cm³/mol. The van der Waals surface area contributed by atoms with Crippen molar-refractivity contribution in [3.8, 4) is 5.75 Å². The third-order valence-corrected chi connectivity index (χ3v) is 6.11. The van der Waals surface area contributed by atoms with Gasteiger partial charge in [0.15, 0.2) is 15.0 Å². The second-order valence-corrected chi connectivity index (χ2v) is 9.67. The number of carbonyl (C=O) groups is 2. The first-order valence-corrected chi connectivity index (χ1v) is 10.9.